The molecule has 6 rings (SSSR count). The van der Waals surface area contributed by atoms with Gasteiger partial charge in [0.25, 0.3) is 11.5 Å². The van der Waals surface area contributed by atoms with Crippen molar-refractivity contribution in [2.75, 3.05) is 6.54 Å². The summed E-state index contributed by atoms with van der Waals surface area (Å²) in [6.07, 6.45) is -3.31. The number of amides is 1. The maximum atomic E-state index is 13.4. The number of hydrogen-bond donors (Lipinski definition) is 2. The summed E-state index contributed by atoms with van der Waals surface area (Å²) >= 11 is 6.22. The lowest BCUT2D eigenvalue weighted by molar-refractivity contribution is -0.141. The van der Waals surface area contributed by atoms with Crippen LogP contribution in [0.4, 0.5) is 13.2 Å². The van der Waals surface area contributed by atoms with E-state index in [1.165, 1.54) is 17.0 Å². The number of aryl methyl sites for hydroxylation is 1. The molecular formula is C32H27ClF3N3O3. The maximum Gasteiger partial charge on any atom is 0.416 e. The zero-order chi connectivity index (χ0) is 29.6. The zero-order valence-corrected chi connectivity index (χ0v) is 23.2. The third-order valence-electron chi connectivity index (χ3n) is 8.14. The summed E-state index contributed by atoms with van der Waals surface area (Å²) < 4.78 is 39.7. The van der Waals surface area contributed by atoms with Crippen LogP contribution in [0.15, 0.2) is 77.6 Å². The Kier molecular flexibility index (Phi) is 7.19. The van der Waals surface area contributed by atoms with E-state index in [1.54, 1.807) is 30.3 Å². The van der Waals surface area contributed by atoms with E-state index in [1.807, 2.05) is 18.2 Å². The van der Waals surface area contributed by atoms with Crippen molar-refractivity contribution in [3.63, 3.8) is 0 Å². The number of nitrogens with one attached hydrogen (secondary N) is 1. The molecular weight excluding hydrogens is 567 g/mol. The van der Waals surface area contributed by atoms with Crippen molar-refractivity contribution in [2.45, 2.75) is 49.9 Å². The molecule has 1 aliphatic carbocycles. The molecule has 1 saturated carbocycles. The summed E-state index contributed by atoms with van der Waals surface area (Å²) in [5.41, 5.74) is 1.54. The Morgan fingerprint density at radius 1 is 1.02 bits per heavy atom. The van der Waals surface area contributed by atoms with Gasteiger partial charge in [-0.05, 0) is 78.3 Å². The molecule has 1 amide bonds. The molecule has 1 aliphatic heterocycles. The number of carbonyl (C=O) groups excluding carboxylic acids is 1. The van der Waals surface area contributed by atoms with Crippen molar-refractivity contribution >= 4 is 17.5 Å². The topological polar surface area (TPSA) is 86.3 Å². The fourth-order valence-corrected chi connectivity index (χ4v) is 5.88. The minimum absolute atomic E-state index is 0.00861. The van der Waals surface area contributed by atoms with Gasteiger partial charge in [-0.15, -0.1) is 0 Å². The molecule has 0 unspecified atom stereocenters. The van der Waals surface area contributed by atoms with Gasteiger partial charge < -0.3 is 15.0 Å². The predicted molar refractivity (Wildman–Crippen MR) is 152 cm³/mol. The number of fused-ring (bicyclic) bond motifs is 1. The summed E-state index contributed by atoms with van der Waals surface area (Å²) in [5.74, 6) is 0.00449. The highest BCUT2D eigenvalue weighted by Crippen LogP contribution is 2.52. The van der Waals surface area contributed by atoms with E-state index in [0.717, 1.165) is 30.5 Å². The van der Waals surface area contributed by atoms with Gasteiger partial charge in [-0.25, -0.2) is 4.98 Å². The second-order valence-electron chi connectivity index (χ2n) is 10.9. The number of nitrogens with zero attached hydrogens (tertiary/aromatic N) is 2. The number of halogens is 4. The van der Waals surface area contributed by atoms with Gasteiger partial charge in [0, 0.05) is 11.6 Å². The molecule has 0 radical (unpaired) electrons. The summed E-state index contributed by atoms with van der Waals surface area (Å²) in [7, 11) is 0. The van der Waals surface area contributed by atoms with E-state index in [2.05, 4.69) is 4.98 Å². The molecule has 2 N–H and O–H groups in total. The quantitative estimate of drug-likeness (QED) is 0.289. The molecule has 2 aliphatic rings. The summed E-state index contributed by atoms with van der Waals surface area (Å²) in [6.45, 7) is 0.305. The van der Waals surface area contributed by atoms with E-state index in [4.69, 9.17) is 16.6 Å². The first-order chi connectivity index (χ1) is 20.0. The molecule has 42 heavy (non-hydrogen) atoms. The van der Waals surface area contributed by atoms with Crippen molar-refractivity contribution in [3.8, 4) is 11.1 Å². The first-order valence-corrected chi connectivity index (χ1v) is 14.1. The number of benzene rings is 3. The zero-order valence-electron chi connectivity index (χ0n) is 22.4. The number of aromatic nitrogens is 2. The first-order valence-electron chi connectivity index (χ1n) is 13.7. The number of aliphatic hydroxyl groups is 1. The van der Waals surface area contributed by atoms with Crippen LogP contribution in [0.3, 0.4) is 0 Å². The predicted octanol–water partition coefficient (Wildman–Crippen LogP) is 6.20. The Labute approximate surface area is 244 Å². The van der Waals surface area contributed by atoms with E-state index >= 15 is 0 Å². The number of aliphatic hydroxyl groups excluding tert-OH is 1. The number of rotatable bonds is 5. The van der Waals surface area contributed by atoms with Gasteiger partial charge in [0.2, 0.25) is 0 Å². The van der Waals surface area contributed by atoms with Crippen molar-refractivity contribution in [1.82, 2.24) is 14.9 Å². The number of alkyl halides is 3. The SMILES string of the molecule is O=C([C@H](O)c1cccc(-c2cccc(C(F)(F)F)c2)c1)N1CCCc2nc(C3(c4cccc(Cl)c4)CC3)[nH]c(=O)c2C1. The summed E-state index contributed by atoms with van der Waals surface area (Å²) in [5, 5.41) is 11.6. The number of aromatic amines is 1. The van der Waals surface area contributed by atoms with E-state index in [0.29, 0.717) is 52.6 Å². The van der Waals surface area contributed by atoms with Crippen LogP contribution in [0, 0.1) is 0 Å². The van der Waals surface area contributed by atoms with Crippen molar-refractivity contribution in [3.05, 3.63) is 122 Å². The van der Waals surface area contributed by atoms with Crippen molar-refractivity contribution in [2.24, 2.45) is 0 Å². The minimum Gasteiger partial charge on any atom is -0.378 e. The Morgan fingerprint density at radius 3 is 2.45 bits per heavy atom. The molecule has 3 aromatic carbocycles. The lowest BCUT2D eigenvalue weighted by Gasteiger charge is -2.24. The van der Waals surface area contributed by atoms with Gasteiger partial charge in [-0.3, -0.25) is 9.59 Å². The highest BCUT2D eigenvalue weighted by atomic mass is 35.5. The van der Waals surface area contributed by atoms with Crippen LogP contribution >= 0.6 is 11.6 Å². The Balaban J connectivity index is 1.24. The second-order valence-corrected chi connectivity index (χ2v) is 11.3. The molecule has 0 spiro atoms. The molecule has 4 aromatic rings. The average molecular weight is 594 g/mol. The largest absolute Gasteiger partial charge is 0.416 e. The van der Waals surface area contributed by atoms with Gasteiger partial charge in [0.15, 0.2) is 6.10 Å². The number of H-pyrrole nitrogens is 1. The molecule has 1 aromatic heterocycles. The van der Waals surface area contributed by atoms with Crippen LogP contribution in [-0.2, 0) is 29.4 Å². The highest BCUT2D eigenvalue weighted by molar-refractivity contribution is 6.30. The third kappa shape index (κ3) is 5.34. The fourth-order valence-electron chi connectivity index (χ4n) is 5.69. The van der Waals surface area contributed by atoms with E-state index < -0.39 is 23.8 Å². The van der Waals surface area contributed by atoms with Gasteiger partial charge >= 0.3 is 6.18 Å². The number of hydrogen-bond acceptors (Lipinski definition) is 4. The lowest BCUT2D eigenvalue weighted by Crippen LogP contribution is -2.36. The second kappa shape index (κ2) is 10.7. The lowest BCUT2D eigenvalue weighted by atomic mass is 9.94. The van der Waals surface area contributed by atoms with E-state index in [-0.39, 0.29) is 23.1 Å². The standard InChI is InChI=1S/C32H27ClF3N3O3/c33-24-10-3-8-22(17-24)31(12-13-31)30-37-26-11-4-14-39(18-25(26)28(41)38-30)29(42)27(40)21-7-1-5-19(15-21)20-6-2-9-23(16-20)32(34,35)36/h1-3,5-10,15-17,27,40H,4,11-14,18H2,(H,37,38,41)/t27-/m1/s1. The fraction of sp³-hybridized carbons (Fsp3) is 0.281. The molecule has 0 saturated heterocycles. The normalized spacial score (nSPS) is 16.8. The molecule has 0 bridgehead atoms. The van der Waals surface area contributed by atoms with Crippen LogP contribution in [0.25, 0.3) is 11.1 Å². The molecule has 216 valence electrons. The minimum atomic E-state index is -4.49. The molecule has 2 heterocycles. The van der Waals surface area contributed by atoms with Gasteiger partial charge in [0.05, 0.1) is 28.8 Å². The van der Waals surface area contributed by atoms with Crippen LogP contribution in [0.2, 0.25) is 5.02 Å². The summed E-state index contributed by atoms with van der Waals surface area (Å²) in [4.78, 5) is 36.0. The van der Waals surface area contributed by atoms with Crippen molar-refractivity contribution in [1.29, 1.82) is 0 Å². The highest BCUT2D eigenvalue weighted by Gasteiger charge is 2.49. The Bertz CT molecular complexity index is 1730. The smallest absolute Gasteiger partial charge is 0.378 e. The van der Waals surface area contributed by atoms with Crippen LogP contribution in [-0.4, -0.2) is 32.4 Å². The Hall–Kier alpha value is -3.95. The van der Waals surface area contributed by atoms with Gasteiger partial charge in [-0.2, -0.15) is 13.2 Å². The maximum absolute atomic E-state index is 13.4. The van der Waals surface area contributed by atoms with Crippen LogP contribution in [0.1, 0.15) is 59.1 Å². The molecule has 6 nitrogen and oxygen atoms in total. The molecule has 1 fully saturated rings. The van der Waals surface area contributed by atoms with Crippen LogP contribution < -0.4 is 5.56 Å². The third-order valence-corrected chi connectivity index (χ3v) is 8.38. The van der Waals surface area contributed by atoms with Gasteiger partial charge in [-0.1, -0.05) is 54.1 Å². The van der Waals surface area contributed by atoms with Crippen LogP contribution in [0.5, 0.6) is 0 Å². The molecule has 10 heteroatoms. The average Bonchev–Trinajstić information content (AvgIpc) is 3.81. The number of carbonyl (C=O) groups is 1. The Morgan fingerprint density at radius 2 is 1.74 bits per heavy atom. The first kappa shape index (κ1) is 28.2. The van der Waals surface area contributed by atoms with E-state index in [9.17, 15) is 27.9 Å². The summed E-state index contributed by atoms with van der Waals surface area (Å²) in [6, 6.07) is 18.7. The van der Waals surface area contributed by atoms with Gasteiger partial charge in [0.1, 0.15) is 5.82 Å². The van der Waals surface area contributed by atoms with Crippen molar-refractivity contribution < 1.29 is 23.1 Å². The monoisotopic (exact) mass is 593 g/mol. The molecule has 1 atom stereocenters.